The second kappa shape index (κ2) is 6.73. The summed E-state index contributed by atoms with van der Waals surface area (Å²) in [5, 5.41) is 15.2. The number of amides is 1. The van der Waals surface area contributed by atoms with Gasteiger partial charge in [-0.2, -0.15) is 5.10 Å². The van der Waals surface area contributed by atoms with Gasteiger partial charge in [-0.25, -0.2) is 9.97 Å². The first-order valence-corrected chi connectivity index (χ1v) is 7.05. The second-order valence-electron chi connectivity index (χ2n) is 4.78. The molecule has 0 radical (unpaired) electrons. The Hall–Kier alpha value is -3.49. The molecular weight excluding hydrogens is 314 g/mol. The number of carboxylic acid groups (broad SMARTS) is 1. The van der Waals surface area contributed by atoms with Crippen LogP contribution in [0.5, 0.6) is 0 Å². The molecule has 122 valence electrons. The Morgan fingerprint density at radius 1 is 1.25 bits per heavy atom. The summed E-state index contributed by atoms with van der Waals surface area (Å²) in [6.45, 7) is 0.0956. The number of rotatable bonds is 6. The van der Waals surface area contributed by atoms with E-state index in [1.807, 2.05) is 0 Å². The second-order valence-corrected chi connectivity index (χ2v) is 4.78. The van der Waals surface area contributed by atoms with Crippen LogP contribution in [0.25, 0.3) is 11.5 Å². The third-order valence-electron chi connectivity index (χ3n) is 3.14. The number of furan rings is 1. The normalized spacial score (nSPS) is 10.5. The lowest BCUT2D eigenvalue weighted by atomic mass is 10.3. The van der Waals surface area contributed by atoms with E-state index in [0.29, 0.717) is 11.5 Å². The lowest BCUT2D eigenvalue weighted by molar-refractivity contribution is -0.137. The van der Waals surface area contributed by atoms with E-state index in [1.165, 1.54) is 29.4 Å². The molecule has 24 heavy (non-hydrogen) atoms. The van der Waals surface area contributed by atoms with Gasteiger partial charge in [0.2, 0.25) is 5.95 Å². The van der Waals surface area contributed by atoms with E-state index >= 15 is 0 Å². The number of nitrogens with one attached hydrogen (secondary N) is 1. The highest BCUT2D eigenvalue weighted by Gasteiger charge is 2.15. The smallest absolute Gasteiger partial charge is 0.305 e. The minimum atomic E-state index is -0.966. The van der Waals surface area contributed by atoms with Gasteiger partial charge >= 0.3 is 5.97 Å². The number of carbonyl (C=O) groups is 2. The van der Waals surface area contributed by atoms with Crippen LogP contribution in [0.4, 0.5) is 5.95 Å². The highest BCUT2D eigenvalue weighted by Crippen LogP contribution is 2.17. The Morgan fingerprint density at radius 3 is 2.88 bits per heavy atom. The molecule has 3 heterocycles. The van der Waals surface area contributed by atoms with Crippen LogP contribution in [0.15, 0.2) is 47.3 Å². The molecule has 0 saturated heterocycles. The van der Waals surface area contributed by atoms with Crippen LogP contribution in [0, 0.1) is 0 Å². The summed E-state index contributed by atoms with van der Waals surface area (Å²) >= 11 is 0. The van der Waals surface area contributed by atoms with Crippen molar-refractivity contribution >= 4 is 17.8 Å². The predicted octanol–water partition coefficient (Wildman–Crippen LogP) is 1.66. The Balaban J connectivity index is 1.75. The minimum absolute atomic E-state index is 0.0956. The Labute approximate surface area is 136 Å². The number of nitrogens with zero attached hydrogens (tertiary/aromatic N) is 4. The molecule has 0 aliphatic carbocycles. The van der Waals surface area contributed by atoms with Crippen molar-refractivity contribution in [2.75, 3.05) is 5.32 Å². The number of anilines is 1. The molecule has 9 heteroatoms. The van der Waals surface area contributed by atoms with E-state index in [9.17, 15) is 9.59 Å². The molecule has 0 spiro atoms. The van der Waals surface area contributed by atoms with E-state index < -0.39 is 11.9 Å². The van der Waals surface area contributed by atoms with Crippen LogP contribution in [0.3, 0.4) is 0 Å². The first-order chi connectivity index (χ1) is 11.6. The number of carboxylic acids is 1. The molecule has 9 nitrogen and oxygen atoms in total. The van der Waals surface area contributed by atoms with Crippen molar-refractivity contribution in [1.82, 2.24) is 19.7 Å². The van der Waals surface area contributed by atoms with Crippen molar-refractivity contribution in [3.05, 3.63) is 48.6 Å². The molecule has 0 aliphatic rings. The Bertz CT molecular complexity index is 856. The average Bonchev–Trinajstić information content (AvgIpc) is 3.24. The summed E-state index contributed by atoms with van der Waals surface area (Å²) in [6.07, 6.45) is 4.32. The van der Waals surface area contributed by atoms with E-state index in [4.69, 9.17) is 9.52 Å². The molecule has 0 saturated carbocycles. The summed E-state index contributed by atoms with van der Waals surface area (Å²) in [4.78, 5) is 31.2. The maximum Gasteiger partial charge on any atom is 0.305 e. The zero-order chi connectivity index (χ0) is 16.9. The molecule has 0 atom stereocenters. The maximum absolute atomic E-state index is 12.3. The van der Waals surface area contributed by atoms with Crippen LogP contribution in [0.2, 0.25) is 0 Å². The van der Waals surface area contributed by atoms with Gasteiger partial charge < -0.3 is 9.52 Å². The molecule has 0 bridgehead atoms. The van der Waals surface area contributed by atoms with Crippen LogP contribution in [-0.4, -0.2) is 36.7 Å². The molecule has 0 aromatic carbocycles. The first kappa shape index (κ1) is 15.4. The van der Waals surface area contributed by atoms with Gasteiger partial charge in [0.05, 0.1) is 19.2 Å². The van der Waals surface area contributed by atoms with Gasteiger partial charge in [-0.3, -0.25) is 19.6 Å². The Kier molecular flexibility index (Phi) is 4.32. The summed E-state index contributed by atoms with van der Waals surface area (Å²) in [6, 6.07) is 6.63. The number of hydrogen-bond donors (Lipinski definition) is 2. The molecule has 3 aromatic rings. The molecular formula is C15H13N5O4. The van der Waals surface area contributed by atoms with Gasteiger partial charge in [-0.15, -0.1) is 0 Å². The quantitative estimate of drug-likeness (QED) is 0.705. The summed E-state index contributed by atoms with van der Waals surface area (Å²) < 4.78 is 6.57. The molecule has 1 amide bonds. The third kappa shape index (κ3) is 3.46. The SMILES string of the molecule is O=C(O)CCn1nccc1C(=O)Nc1nccc(-c2ccco2)n1. The van der Waals surface area contributed by atoms with E-state index in [-0.39, 0.29) is 24.6 Å². The minimum Gasteiger partial charge on any atom is -0.481 e. The molecule has 2 N–H and O–H groups in total. The van der Waals surface area contributed by atoms with E-state index in [1.54, 1.807) is 18.2 Å². The van der Waals surface area contributed by atoms with Gasteiger partial charge in [0.25, 0.3) is 5.91 Å². The van der Waals surface area contributed by atoms with Crippen molar-refractivity contribution < 1.29 is 19.1 Å². The summed E-state index contributed by atoms with van der Waals surface area (Å²) in [7, 11) is 0. The fourth-order valence-corrected chi connectivity index (χ4v) is 2.05. The van der Waals surface area contributed by atoms with Crippen LogP contribution in [-0.2, 0) is 11.3 Å². The number of hydrogen-bond acceptors (Lipinski definition) is 6. The Morgan fingerprint density at radius 2 is 2.12 bits per heavy atom. The predicted molar refractivity (Wildman–Crippen MR) is 82.2 cm³/mol. The lowest BCUT2D eigenvalue weighted by Crippen LogP contribution is -2.20. The highest BCUT2D eigenvalue weighted by atomic mass is 16.4. The fourth-order valence-electron chi connectivity index (χ4n) is 2.05. The van der Waals surface area contributed by atoms with Gasteiger partial charge in [-0.05, 0) is 24.3 Å². The van der Waals surface area contributed by atoms with Crippen molar-refractivity contribution in [3.63, 3.8) is 0 Å². The topological polar surface area (TPSA) is 123 Å². The average molecular weight is 327 g/mol. The largest absolute Gasteiger partial charge is 0.481 e. The molecule has 3 aromatic heterocycles. The van der Waals surface area contributed by atoms with E-state index in [0.717, 1.165) is 0 Å². The van der Waals surface area contributed by atoms with Gasteiger partial charge in [0.15, 0.2) is 5.76 Å². The monoisotopic (exact) mass is 327 g/mol. The number of aryl methyl sites for hydroxylation is 1. The maximum atomic E-state index is 12.3. The van der Waals surface area contributed by atoms with Crippen LogP contribution < -0.4 is 5.32 Å². The molecule has 0 aliphatic heterocycles. The third-order valence-corrected chi connectivity index (χ3v) is 3.14. The zero-order valence-electron chi connectivity index (χ0n) is 12.4. The first-order valence-electron chi connectivity index (χ1n) is 7.05. The number of aromatic nitrogens is 4. The van der Waals surface area contributed by atoms with Gasteiger partial charge in [-0.1, -0.05) is 0 Å². The van der Waals surface area contributed by atoms with Crippen molar-refractivity contribution in [2.45, 2.75) is 13.0 Å². The number of aliphatic carboxylic acids is 1. The standard InChI is InChI=1S/C15H13N5O4/c21-13(22)5-8-20-11(4-7-17-20)14(23)19-15-16-6-3-10(18-15)12-2-1-9-24-12/h1-4,6-7,9H,5,8H2,(H,21,22)(H,16,18,19,23). The number of carbonyl (C=O) groups excluding carboxylic acids is 1. The van der Waals surface area contributed by atoms with Crippen LogP contribution >= 0.6 is 0 Å². The van der Waals surface area contributed by atoms with Gasteiger partial charge in [0.1, 0.15) is 11.4 Å². The molecule has 3 rings (SSSR count). The van der Waals surface area contributed by atoms with Crippen LogP contribution in [0.1, 0.15) is 16.9 Å². The van der Waals surface area contributed by atoms with Crippen molar-refractivity contribution in [2.24, 2.45) is 0 Å². The summed E-state index contributed by atoms with van der Waals surface area (Å²) in [5.74, 6) is -0.778. The lowest BCUT2D eigenvalue weighted by Gasteiger charge is -2.07. The zero-order valence-corrected chi connectivity index (χ0v) is 12.4. The highest BCUT2D eigenvalue weighted by molar-refractivity contribution is 6.02. The molecule has 0 unspecified atom stereocenters. The van der Waals surface area contributed by atoms with Crippen molar-refractivity contribution in [1.29, 1.82) is 0 Å². The van der Waals surface area contributed by atoms with Gasteiger partial charge in [0, 0.05) is 12.4 Å². The summed E-state index contributed by atoms with van der Waals surface area (Å²) in [5.41, 5.74) is 0.757. The molecule has 0 fully saturated rings. The fraction of sp³-hybridized carbons (Fsp3) is 0.133. The van der Waals surface area contributed by atoms with E-state index in [2.05, 4.69) is 20.4 Å². The van der Waals surface area contributed by atoms with Crippen molar-refractivity contribution in [3.8, 4) is 11.5 Å².